The minimum absolute atomic E-state index is 0.598. The van der Waals surface area contributed by atoms with Gasteiger partial charge in [0, 0.05) is 38.6 Å². The van der Waals surface area contributed by atoms with Crippen LogP contribution in [0.15, 0.2) is 47.7 Å². The first-order valence-corrected chi connectivity index (χ1v) is 6.87. The molecule has 0 amide bonds. The van der Waals surface area contributed by atoms with E-state index in [1.54, 1.807) is 14.2 Å². The van der Waals surface area contributed by atoms with Crippen LogP contribution in [0.3, 0.4) is 0 Å². The molecule has 2 heterocycles. The van der Waals surface area contributed by atoms with Crippen molar-refractivity contribution in [1.82, 2.24) is 20.2 Å². The Labute approximate surface area is 124 Å². The molecule has 2 aromatic heterocycles. The molecule has 112 valence electrons. The van der Waals surface area contributed by atoms with Gasteiger partial charge in [0.15, 0.2) is 5.96 Å². The number of aliphatic imine (C=N–C) groups is 1. The molecule has 21 heavy (non-hydrogen) atoms. The van der Waals surface area contributed by atoms with Crippen LogP contribution in [-0.2, 0) is 13.1 Å². The highest BCUT2D eigenvalue weighted by molar-refractivity contribution is 5.79. The van der Waals surface area contributed by atoms with E-state index in [2.05, 4.69) is 25.2 Å². The lowest BCUT2D eigenvalue weighted by Crippen LogP contribution is -2.38. The van der Waals surface area contributed by atoms with E-state index < -0.39 is 0 Å². The minimum atomic E-state index is 0.598. The SMILES string of the molecule is CN=C(NCCn1cccc1)NCc1cccc(OC)n1. The quantitative estimate of drug-likeness (QED) is 0.620. The van der Waals surface area contributed by atoms with Crippen LogP contribution in [0.25, 0.3) is 0 Å². The van der Waals surface area contributed by atoms with Gasteiger partial charge in [0.2, 0.25) is 5.88 Å². The van der Waals surface area contributed by atoms with Crippen molar-refractivity contribution in [3.63, 3.8) is 0 Å². The van der Waals surface area contributed by atoms with Crippen LogP contribution in [0.5, 0.6) is 5.88 Å². The van der Waals surface area contributed by atoms with Crippen LogP contribution in [-0.4, -0.2) is 36.2 Å². The van der Waals surface area contributed by atoms with Gasteiger partial charge in [0.05, 0.1) is 19.3 Å². The first kappa shape index (κ1) is 14.9. The van der Waals surface area contributed by atoms with Crippen molar-refractivity contribution in [3.05, 3.63) is 48.4 Å². The Balaban J connectivity index is 1.76. The third-order valence-corrected chi connectivity index (χ3v) is 2.98. The molecule has 2 aromatic rings. The highest BCUT2D eigenvalue weighted by Crippen LogP contribution is 2.05. The summed E-state index contributed by atoms with van der Waals surface area (Å²) in [5.41, 5.74) is 0.905. The largest absolute Gasteiger partial charge is 0.481 e. The van der Waals surface area contributed by atoms with Gasteiger partial charge in [-0.2, -0.15) is 0 Å². The van der Waals surface area contributed by atoms with Crippen molar-refractivity contribution in [2.24, 2.45) is 4.99 Å². The van der Waals surface area contributed by atoms with E-state index in [-0.39, 0.29) is 0 Å². The van der Waals surface area contributed by atoms with E-state index in [0.29, 0.717) is 12.4 Å². The zero-order valence-electron chi connectivity index (χ0n) is 12.4. The summed E-state index contributed by atoms with van der Waals surface area (Å²) in [4.78, 5) is 8.54. The molecule has 0 bridgehead atoms. The van der Waals surface area contributed by atoms with E-state index in [1.165, 1.54) is 0 Å². The Morgan fingerprint density at radius 2 is 2.05 bits per heavy atom. The van der Waals surface area contributed by atoms with Crippen LogP contribution in [0.1, 0.15) is 5.69 Å². The summed E-state index contributed by atoms with van der Waals surface area (Å²) in [6.07, 6.45) is 4.08. The molecule has 0 aromatic carbocycles. The van der Waals surface area contributed by atoms with E-state index in [9.17, 15) is 0 Å². The average Bonchev–Trinajstić information content (AvgIpc) is 3.04. The topological polar surface area (TPSA) is 63.5 Å². The molecule has 0 radical (unpaired) electrons. The molecule has 2 N–H and O–H groups in total. The van der Waals surface area contributed by atoms with Crippen LogP contribution in [0.4, 0.5) is 0 Å². The molecule has 6 nitrogen and oxygen atoms in total. The van der Waals surface area contributed by atoms with Crippen molar-refractivity contribution in [3.8, 4) is 5.88 Å². The highest BCUT2D eigenvalue weighted by atomic mass is 16.5. The lowest BCUT2D eigenvalue weighted by molar-refractivity contribution is 0.396. The molecule has 0 saturated heterocycles. The molecule has 0 aliphatic rings. The standard InChI is InChI=1S/C15H21N5O/c1-16-15(17-8-11-20-9-3-4-10-20)18-12-13-6-5-7-14(19-13)21-2/h3-7,9-10H,8,11-12H2,1-2H3,(H2,16,17,18). The number of hydrogen-bond donors (Lipinski definition) is 2. The molecule has 6 heteroatoms. The Morgan fingerprint density at radius 1 is 1.24 bits per heavy atom. The van der Waals surface area contributed by atoms with Gasteiger partial charge in [0.25, 0.3) is 0 Å². The highest BCUT2D eigenvalue weighted by Gasteiger charge is 2.00. The second-order valence-electron chi connectivity index (χ2n) is 4.44. The number of nitrogens with zero attached hydrogens (tertiary/aromatic N) is 3. The Bertz CT molecular complexity index is 565. The number of methoxy groups -OCH3 is 1. The third kappa shape index (κ3) is 4.83. The molecular formula is C15H21N5O. The fourth-order valence-corrected chi connectivity index (χ4v) is 1.89. The zero-order chi connectivity index (χ0) is 14.9. The number of pyridine rings is 1. The normalized spacial score (nSPS) is 11.2. The van der Waals surface area contributed by atoms with Gasteiger partial charge < -0.3 is 19.9 Å². The summed E-state index contributed by atoms with van der Waals surface area (Å²) in [7, 11) is 3.37. The van der Waals surface area contributed by atoms with Crippen LogP contribution in [0, 0.1) is 0 Å². The van der Waals surface area contributed by atoms with E-state index in [0.717, 1.165) is 24.7 Å². The Morgan fingerprint density at radius 3 is 2.76 bits per heavy atom. The van der Waals surface area contributed by atoms with Crippen molar-refractivity contribution < 1.29 is 4.74 Å². The van der Waals surface area contributed by atoms with Gasteiger partial charge in [-0.1, -0.05) is 6.07 Å². The van der Waals surface area contributed by atoms with Gasteiger partial charge in [-0.05, 0) is 18.2 Å². The zero-order valence-corrected chi connectivity index (χ0v) is 12.4. The van der Waals surface area contributed by atoms with Crippen molar-refractivity contribution in [2.45, 2.75) is 13.1 Å². The van der Waals surface area contributed by atoms with Gasteiger partial charge in [0.1, 0.15) is 0 Å². The second-order valence-corrected chi connectivity index (χ2v) is 4.44. The van der Waals surface area contributed by atoms with Crippen LogP contribution in [0.2, 0.25) is 0 Å². The van der Waals surface area contributed by atoms with E-state index in [1.807, 2.05) is 42.7 Å². The smallest absolute Gasteiger partial charge is 0.213 e. The molecule has 2 rings (SSSR count). The predicted molar refractivity (Wildman–Crippen MR) is 83.4 cm³/mol. The second kappa shape index (κ2) is 7.94. The van der Waals surface area contributed by atoms with Crippen LogP contribution >= 0.6 is 0 Å². The van der Waals surface area contributed by atoms with Gasteiger partial charge in [-0.25, -0.2) is 4.98 Å². The molecule has 0 spiro atoms. The number of aromatic nitrogens is 2. The molecule has 0 aliphatic heterocycles. The first-order chi connectivity index (χ1) is 10.3. The monoisotopic (exact) mass is 287 g/mol. The van der Waals surface area contributed by atoms with Gasteiger partial charge in [-0.3, -0.25) is 4.99 Å². The molecule has 0 unspecified atom stereocenters. The van der Waals surface area contributed by atoms with Crippen LogP contribution < -0.4 is 15.4 Å². The lowest BCUT2D eigenvalue weighted by Gasteiger charge is -2.12. The number of guanidine groups is 1. The lowest BCUT2D eigenvalue weighted by atomic mass is 10.3. The average molecular weight is 287 g/mol. The molecular weight excluding hydrogens is 266 g/mol. The number of ether oxygens (including phenoxy) is 1. The van der Waals surface area contributed by atoms with Crippen molar-refractivity contribution in [1.29, 1.82) is 0 Å². The Kier molecular flexibility index (Phi) is 5.63. The maximum absolute atomic E-state index is 5.11. The maximum atomic E-state index is 5.11. The fourth-order valence-electron chi connectivity index (χ4n) is 1.89. The van der Waals surface area contributed by atoms with Gasteiger partial charge in [-0.15, -0.1) is 0 Å². The predicted octanol–water partition coefficient (Wildman–Crippen LogP) is 1.26. The number of rotatable bonds is 6. The summed E-state index contributed by atoms with van der Waals surface area (Å²) >= 11 is 0. The molecule has 0 atom stereocenters. The molecule has 0 saturated carbocycles. The fraction of sp³-hybridized carbons (Fsp3) is 0.333. The molecule has 0 fully saturated rings. The van der Waals surface area contributed by atoms with E-state index in [4.69, 9.17) is 4.74 Å². The molecule has 0 aliphatic carbocycles. The first-order valence-electron chi connectivity index (χ1n) is 6.87. The number of hydrogen-bond acceptors (Lipinski definition) is 3. The van der Waals surface area contributed by atoms with Gasteiger partial charge >= 0.3 is 0 Å². The maximum Gasteiger partial charge on any atom is 0.213 e. The summed E-state index contributed by atoms with van der Waals surface area (Å²) in [6.45, 7) is 2.30. The number of nitrogens with one attached hydrogen (secondary N) is 2. The summed E-state index contributed by atoms with van der Waals surface area (Å²) in [5, 5.41) is 6.49. The summed E-state index contributed by atoms with van der Waals surface area (Å²) in [5.74, 6) is 1.37. The summed E-state index contributed by atoms with van der Waals surface area (Å²) < 4.78 is 7.22. The summed E-state index contributed by atoms with van der Waals surface area (Å²) in [6, 6.07) is 9.73. The van der Waals surface area contributed by atoms with Crippen molar-refractivity contribution in [2.75, 3.05) is 20.7 Å². The van der Waals surface area contributed by atoms with E-state index >= 15 is 0 Å². The third-order valence-electron chi connectivity index (χ3n) is 2.98. The Hall–Kier alpha value is -2.50. The minimum Gasteiger partial charge on any atom is -0.481 e. The van der Waals surface area contributed by atoms with Crippen molar-refractivity contribution >= 4 is 5.96 Å².